The van der Waals surface area contributed by atoms with Gasteiger partial charge >= 0.3 is 5.97 Å². The first-order chi connectivity index (χ1) is 16.5. The van der Waals surface area contributed by atoms with Crippen molar-refractivity contribution in [3.63, 3.8) is 0 Å². The number of halogens is 1. The molecule has 4 nitrogen and oxygen atoms in total. The SMILES string of the molecule is CCOc1cccc([C@@H](C)NCc2cc(-c3ccc(Cl)c(C(=O)OC)c3)c3ccccc3c2)c1. The first-order valence-corrected chi connectivity index (χ1v) is 11.7. The molecule has 5 heteroatoms. The van der Waals surface area contributed by atoms with Crippen molar-refractivity contribution in [3.05, 3.63) is 101 Å². The van der Waals surface area contributed by atoms with Gasteiger partial charge in [0.15, 0.2) is 0 Å². The van der Waals surface area contributed by atoms with E-state index in [0.717, 1.165) is 33.2 Å². The molecule has 0 bridgehead atoms. The van der Waals surface area contributed by atoms with Crippen molar-refractivity contribution in [1.82, 2.24) is 5.32 Å². The molecule has 1 atom stereocenters. The molecule has 0 aliphatic carbocycles. The summed E-state index contributed by atoms with van der Waals surface area (Å²) in [7, 11) is 1.36. The van der Waals surface area contributed by atoms with E-state index in [1.165, 1.54) is 12.7 Å². The molecule has 0 aliphatic heterocycles. The highest BCUT2D eigenvalue weighted by Crippen LogP contribution is 2.33. The van der Waals surface area contributed by atoms with Crippen LogP contribution in [0.4, 0.5) is 0 Å². The number of hydrogen-bond acceptors (Lipinski definition) is 4. The third-order valence-corrected chi connectivity index (χ3v) is 6.22. The quantitative estimate of drug-likeness (QED) is 0.275. The number of carbonyl (C=O) groups excluding carboxylic acids is 1. The normalized spacial score (nSPS) is 11.9. The fraction of sp³-hybridized carbons (Fsp3) is 0.207. The Morgan fingerprint density at radius 2 is 1.82 bits per heavy atom. The minimum absolute atomic E-state index is 0.150. The average Bonchev–Trinajstić information content (AvgIpc) is 2.87. The number of carbonyl (C=O) groups is 1. The summed E-state index contributed by atoms with van der Waals surface area (Å²) in [5, 5.41) is 6.25. The van der Waals surface area contributed by atoms with Gasteiger partial charge in [0, 0.05) is 12.6 Å². The Hall–Kier alpha value is -3.34. The van der Waals surface area contributed by atoms with E-state index in [2.05, 4.69) is 48.6 Å². The summed E-state index contributed by atoms with van der Waals surface area (Å²) in [6.45, 7) is 5.47. The topological polar surface area (TPSA) is 47.6 Å². The van der Waals surface area contributed by atoms with E-state index < -0.39 is 5.97 Å². The zero-order valence-corrected chi connectivity index (χ0v) is 20.4. The molecule has 34 heavy (non-hydrogen) atoms. The third-order valence-electron chi connectivity index (χ3n) is 5.89. The number of benzene rings is 4. The second-order valence-electron chi connectivity index (χ2n) is 8.16. The smallest absolute Gasteiger partial charge is 0.339 e. The van der Waals surface area contributed by atoms with Gasteiger partial charge in [-0.2, -0.15) is 0 Å². The van der Waals surface area contributed by atoms with Gasteiger partial charge in [-0.05, 0) is 83.3 Å². The number of fused-ring (bicyclic) bond motifs is 1. The largest absolute Gasteiger partial charge is 0.494 e. The zero-order chi connectivity index (χ0) is 24.1. The van der Waals surface area contributed by atoms with Crippen LogP contribution in [-0.4, -0.2) is 19.7 Å². The van der Waals surface area contributed by atoms with E-state index in [0.29, 0.717) is 23.7 Å². The van der Waals surface area contributed by atoms with Crippen molar-refractivity contribution in [2.45, 2.75) is 26.4 Å². The number of ether oxygens (including phenoxy) is 2. The monoisotopic (exact) mass is 473 g/mol. The van der Waals surface area contributed by atoms with Crippen LogP contribution in [-0.2, 0) is 11.3 Å². The number of esters is 1. The molecule has 4 aromatic carbocycles. The van der Waals surface area contributed by atoms with Crippen molar-refractivity contribution in [2.24, 2.45) is 0 Å². The molecule has 1 N–H and O–H groups in total. The van der Waals surface area contributed by atoms with Crippen LogP contribution < -0.4 is 10.1 Å². The van der Waals surface area contributed by atoms with E-state index in [1.54, 1.807) is 12.1 Å². The molecule has 0 fully saturated rings. The van der Waals surface area contributed by atoms with Gasteiger partial charge in [-0.3, -0.25) is 0 Å². The highest BCUT2D eigenvalue weighted by molar-refractivity contribution is 6.33. The number of hydrogen-bond donors (Lipinski definition) is 1. The lowest BCUT2D eigenvalue weighted by molar-refractivity contribution is 0.0601. The Morgan fingerprint density at radius 3 is 2.62 bits per heavy atom. The van der Waals surface area contributed by atoms with Crippen molar-refractivity contribution in [1.29, 1.82) is 0 Å². The summed E-state index contributed by atoms with van der Waals surface area (Å²) < 4.78 is 10.6. The van der Waals surface area contributed by atoms with Crippen molar-refractivity contribution < 1.29 is 14.3 Å². The highest BCUT2D eigenvalue weighted by atomic mass is 35.5. The number of nitrogens with one attached hydrogen (secondary N) is 1. The number of rotatable bonds is 8. The molecule has 174 valence electrons. The first-order valence-electron chi connectivity index (χ1n) is 11.4. The molecule has 0 saturated carbocycles. The highest BCUT2D eigenvalue weighted by Gasteiger charge is 2.15. The number of methoxy groups -OCH3 is 1. The lowest BCUT2D eigenvalue weighted by Crippen LogP contribution is -2.18. The first kappa shape index (κ1) is 23.8. The zero-order valence-electron chi connectivity index (χ0n) is 19.6. The van der Waals surface area contributed by atoms with E-state index in [9.17, 15) is 4.79 Å². The lowest BCUT2D eigenvalue weighted by atomic mass is 9.94. The minimum Gasteiger partial charge on any atom is -0.494 e. The predicted molar refractivity (Wildman–Crippen MR) is 139 cm³/mol. The average molecular weight is 474 g/mol. The van der Waals surface area contributed by atoms with Crippen LogP contribution in [0.1, 0.15) is 41.4 Å². The molecular weight excluding hydrogens is 446 g/mol. The van der Waals surface area contributed by atoms with Crippen molar-refractivity contribution in [3.8, 4) is 16.9 Å². The summed E-state index contributed by atoms with van der Waals surface area (Å²) in [6.07, 6.45) is 0. The second-order valence-corrected chi connectivity index (χ2v) is 8.57. The Kier molecular flexibility index (Phi) is 7.51. The molecule has 0 spiro atoms. The van der Waals surface area contributed by atoms with Gasteiger partial charge in [-0.15, -0.1) is 0 Å². The summed E-state index contributed by atoms with van der Waals surface area (Å²) in [4.78, 5) is 12.2. The van der Waals surface area contributed by atoms with Crippen molar-refractivity contribution >= 4 is 28.3 Å². The van der Waals surface area contributed by atoms with Gasteiger partial charge in [-0.1, -0.05) is 54.1 Å². The second kappa shape index (κ2) is 10.7. The third kappa shape index (κ3) is 5.24. The molecule has 4 aromatic rings. The van der Waals surface area contributed by atoms with Crippen LogP contribution in [0, 0.1) is 0 Å². The summed E-state index contributed by atoms with van der Waals surface area (Å²) >= 11 is 6.26. The fourth-order valence-electron chi connectivity index (χ4n) is 4.10. The van der Waals surface area contributed by atoms with Gasteiger partial charge < -0.3 is 14.8 Å². The van der Waals surface area contributed by atoms with Crippen LogP contribution in [0.15, 0.2) is 78.9 Å². The Bertz CT molecular complexity index is 1320. The van der Waals surface area contributed by atoms with Crippen LogP contribution in [0.25, 0.3) is 21.9 Å². The standard InChI is InChI=1S/C29H28ClNO3/c1-4-34-24-10-7-9-21(16-24)19(2)31-18-20-14-22-8-5-6-11-25(22)26(15-20)23-12-13-28(30)27(17-23)29(32)33-3/h5-17,19,31H,4,18H2,1-3H3/t19-/m1/s1. The van der Waals surface area contributed by atoms with Gasteiger partial charge in [0.2, 0.25) is 0 Å². The van der Waals surface area contributed by atoms with Crippen LogP contribution >= 0.6 is 11.6 Å². The molecule has 0 aromatic heterocycles. The fourth-order valence-corrected chi connectivity index (χ4v) is 4.30. The summed E-state index contributed by atoms with van der Waals surface area (Å²) in [6, 6.07) is 26.4. The maximum Gasteiger partial charge on any atom is 0.339 e. The Balaban J connectivity index is 1.66. The van der Waals surface area contributed by atoms with Gasteiger partial charge in [-0.25, -0.2) is 4.79 Å². The molecule has 4 rings (SSSR count). The molecule has 0 aliphatic rings. The Labute approximate surface area is 205 Å². The van der Waals surface area contributed by atoms with E-state index >= 15 is 0 Å². The van der Waals surface area contributed by atoms with E-state index in [-0.39, 0.29) is 6.04 Å². The van der Waals surface area contributed by atoms with Crippen molar-refractivity contribution in [2.75, 3.05) is 13.7 Å². The lowest BCUT2D eigenvalue weighted by Gasteiger charge is -2.17. The molecule has 0 heterocycles. The van der Waals surface area contributed by atoms with E-state index in [4.69, 9.17) is 21.1 Å². The van der Waals surface area contributed by atoms with E-state index in [1.807, 2.05) is 37.3 Å². The minimum atomic E-state index is -0.447. The molecule has 0 saturated heterocycles. The summed E-state index contributed by atoms with van der Waals surface area (Å²) in [5.41, 5.74) is 4.64. The molecule has 0 unspecified atom stereocenters. The van der Waals surface area contributed by atoms with Crippen LogP contribution in [0.2, 0.25) is 5.02 Å². The van der Waals surface area contributed by atoms with Gasteiger partial charge in [0.25, 0.3) is 0 Å². The molecule has 0 radical (unpaired) electrons. The Morgan fingerprint density at radius 1 is 1.00 bits per heavy atom. The van der Waals surface area contributed by atoms with Gasteiger partial charge in [0.1, 0.15) is 5.75 Å². The van der Waals surface area contributed by atoms with Gasteiger partial charge in [0.05, 0.1) is 24.3 Å². The summed E-state index contributed by atoms with van der Waals surface area (Å²) in [5.74, 6) is 0.433. The predicted octanol–water partition coefficient (Wildman–Crippen LogP) is 7.20. The maximum atomic E-state index is 12.2. The molecular formula is C29H28ClNO3. The molecule has 0 amide bonds. The van der Waals surface area contributed by atoms with Crippen LogP contribution in [0.5, 0.6) is 5.75 Å². The maximum absolute atomic E-state index is 12.2. The van der Waals surface area contributed by atoms with Crippen LogP contribution in [0.3, 0.4) is 0 Å².